The Labute approximate surface area is 130 Å². The zero-order valence-electron chi connectivity index (χ0n) is 11.9. The normalized spacial score (nSPS) is 22.4. The molecule has 0 amide bonds. The molecule has 19 heavy (non-hydrogen) atoms. The van der Waals surface area contributed by atoms with E-state index in [9.17, 15) is 0 Å². The summed E-state index contributed by atoms with van der Waals surface area (Å²) >= 11 is 2.35. The summed E-state index contributed by atoms with van der Waals surface area (Å²) < 4.78 is 7.32. The number of rotatable bonds is 5. The van der Waals surface area contributed by atoms with E-state index < -0.39 is 0 Å². The van der Waals surface area contributed by atoms with E-state index in [2.05, 4.69) is 66.0 Å². The zero-order valence-corrected chi connectivity index (χ0v) is 14.1. The smallest absolute Gasteiger partial charge is 0.0692 e. The fraction of sp³-hybridized carbons (Fsp3) is 0.625. The van der Waals surface area contributed by atoms with Crippen molar-refractivity contribution in [2.24, 2.45) is 0 Å². The molecular formula is C16H24INO. The summed E-state index contributed by atoms with van der Waals surface area (Å²) in [6.07, 6.45) is 4.51. The number of nitrogens with one attached hydrogen (secondary N) is 1. The summed E-state index contributed by atoms with van der Waals surface area (Å²) in [5, 5.41) is 3.70. The standard InChI is InChI=1S/C16H24INO/c1-3-16(4-2)11-15(9-10-19-16)18-12-13-5-7-14(17)8-6-13/h5-8,15,18H,3-4,9-12H2,1-2H3. The van der Waals surface area contributed by atoms with Crippen molar-refractivity contribution in [1.29, 1.82) is 0 Å². The second-order valence-electron chi connectivity index (χ2n) is 5.44. The molecule has 1 fully saturated rings. The van der Waals surface area contributed by atoms with Gasteiger partial charge in [-0.05, 0) is 66.0 Å². The van der Waals surface area contributed by atoms with E-state index in [-0.39, 0.29) is 5.60 Å². The summed E-state index contributed by atoms with van der Waals surface area (Å²) in [6, 6.07) is 9.35. The lowest BCUT2D eigenvalue weighted by molar-refractivity contribution is -0.0932. The third-order valence-electron chi connectivity index (χ3n) is 4.29. The minimum absolute atomic E-state index is 0.113. The molecule has 0 saturated carbocycles. The predicted molar refractivity (Wildman–Crippen MR) is 88.3 cm³/mol. The minimum Gasteiger partial charge on any atom is -0.375 e. The molecule has 2 nitrogen and oxygen atoms in total. The molecule has 1 aliphatic rings. The van der Waals surface area contributed by atoms with E-state index in [1.54, 1.807) is 0 Å². The Balaban J connectivity index is 1.87. The first-order valence-corrected chi connectivity index (χ1v) is 8.37. The van der Waals surface area contributed by atoms with Crippen molar-refractivity contribution in [3.63, 3.8) is 0 Å². The molecule has 1 atom stereocenters. The van der Waals surface area contributed by atoms with Gasteiger partial charge >= 0.3 is 0 Å². The average molecular weight is 373 g/mol. The van der Waals surface area contributed by atoms with Gasteiger partial charge in [0.15, 0.2) is 0 Å². The van der Waals surface area contributed by atoms with E-state index in [1.807, 2.05) is 0 Å². The van der Waals surface area contributed by atoms with Gasteiger partial charge in [0.2, 0.25) is 0 Å². The van der Waals surface area contributed by atoms with Crippen LogP contribution in [0.3, 0.4) is 0 Å². The highest BCUT2D eigenvalue weighted by Crippen LogP contribution is 2.31. The molecular weight excluding hydrogens is 349 g/mol. The van der Waals surface area contributed by atoms with Crippen LogP contribution in [0.25, 0.3) is 0 Å². The van der Waals surface area contributed by atoms with Gasteiger partial charge in [-0.3, -0.25) is 0 Å². The highest BCUT2D eigenvalue weighted by atomic mass is 127. The fourth-order valence-electron chi connectivity index (χ4n) is 2.81. The quantitative estimate of drug-likeness (QED) is 0.785. The van der Waals surface area contributed by atoms with Crippen LogP contribution in [0.2, 0.25) is 0 Å². The first kappa shape index (κ1) is 15.3. The van der Waals surface area contributed by atoms with Gasteiger partial charge in [0.25, 0.3) is 0 Å². The van der Waals surface area contributed by atoms with E-state index in [1.165, 1.54) is 9.13 Å². The molecule has 0 spiro atoms. The molecule has 1 saturated heterocycles. The van der Waals surface area contributed by atoms with Crippen LogP contribution >= 0.6 is 22.6 Å². The van der Waals surface area contributed by atoms with Crippen molar-refractivity contribution in [2.45, 2.75) is 57.7 Å². The predicted octanol–water partition coefficient (Wildman–Crippen LogP) is 4.12. The Kier molecular flexibility index (Phi) is 5.66. The largest absolute Gasteiger partial charge is 0.375 e. The maximum atomic E-state index is 6.02. The number of ether oxygens (including phenoxy) is 1. The number of hydrogen-bond acceptors (Lipinski definition) is 2. The van der Waals surface area contributed by atoms with Crippen LogP contribution in [0.15, 0.2) is 24.3 Å². The highest BCUT2D eigenvalue weighted by Gasteiger charge is 2.34. The molecule has 1 heterocycles. The van der Waals surface area contributed by atoms with Crippen molar-refractivity contribution in [3.05, 3.63) is 33.4 Å². The Morgan fingerprint density at radius 3 is 2.58 bits per heavy atom. The average Bonchev–Trinajstić information content (AvgIpc) is 2.47. The molecule has 1 aromatic rings. The monoisotopic (exact) mass is 373 g/mol. The lowest BCUT2D eigenvalue weighted by Gasteiger charge is -2.40. The molecule has 0 bridgehead atoms. The van der Waals surface area contributed by atoms with Crippen LogP contribution in [-0.4, -0.2) is 18.2 Å². The van der Waals surface area contributed by atoms with Gasteiger partial charge in [0, 0.05) is 22.8 Å². The summed E-state index contributed by atoms with van der Waals surface area (Å²) in [4.78, 5) is 0. The zero-order chi connectivity index (χ0) is 13.7. The molecule has 0 radical (unpaired) electrons. The van der Waals surface area contributed by atoms with Crippen molar-refractivity contribution in [1.82, 2.24) is 5.32 Å². The molecule has 106 valence electrons. The topological polar surface area (TPSA) is 21.3 Å². The molecule has 3 heteroatoms. The van der Waals surface area contributed by atoms with E-state index in [0.29, 0.717) is 6.04 Å². The SMILES string of the molecule is CCC1(CC)CC(NCc2ccc(I)cc2)CCO1. The summed E-state index contributed by atoms with van der Waals surface area (Å²) in [5.74, 6) is 0. The summed E-state index contributed by atoms with van der Waals surface area (Å²) in [6.45, 7) is 6.34. The van der Waals surface area contributed by atoms with Crippen LogP contribution in [0, 0.1) is 3.57 Å². The van der Waals surface area contributed by atoms with Crippen molar-refractivity contribution >= 4 is 22.6 Å². The van der Waals surface area contributed by atoms with Gasteiger partial charge < -0.3 is 10.1 Å². The molecule has 1 unspecified atom stereocenters. The van der Waals surface area contributed by atoms with Crippen molar-refractivity contribution in [2.75, 3.05) is 6.61 Å². The van der Waals surface area contributed by atoms with Crippen LogP contribution in [0.5, 0.6) is 0 Å². The van der Waals surface area contributed by atoms with Gasteiger partial charge in [-0.15, -0.1) is 0 Å². The number of halogens is 1. The first-order valence-electron chi connectivity index (χ1n) is 7.29. The van der Waals surface area contributed by atoms with Gasteiger partial charge in [-0.1, -0.05) is 26.0 Å². The Morgan fingerprint density at radius 2 is 1.95 bits per heavy atom. The van der Waals surface area contributed by atoms with E-state index in [4.69, 9.17) is 4.74 Å². The van der Waals surface area contributed by atoms with Crippen LogP contribution < -0.4 is 5.32 Å². The van der Waals surface area contributed by atoms with Crippen molar-refractivity contribution in [3.8, 4) is 0 Å². The molecule has 0 aliphatic carbocycles. The summed E-state index contributed by atoms with van der Waals surface area (Å²) in [7, 11) is 0. The summed E-state index contributed by atoms with van der Waals surface area (Å²) in [5.41, 5.74) is 1.48. The third kappa shape index (κ3) is 4.17. The molecule has 1 N–H and O–H groups in total. The van der Waals surface area contributed by atoms with Crippen LogP contribution in [0.1, 0.15) is 45.1 Å². The molecule has 1 aliphatic heterocycles. The number of hydrogen-bond donors (Lipinski definition) is 1. The van der Waals surface area contributed by atoms with Crippen LogP contribution in [0.4, 0.5) is 0 Å². The Bertz CT molecular complexity index is 386. The lowest BCUT2D eigenvalue weighted by atomic mass is 9.86. The fourth-order valence-corrected chi connectivity index (χ4v) is 3.17. The van der Waals surface area contributed by atoms with Gasteiger partial charge in [0.05, 0.1) is 5.60 Å². The maximum Gasteiger partial charge on any atom is 0.0692 e. The third-order valence-corrected chi connectivity index (χ3v) is 5.01. The minimum atomic E-state index is 0.113. The highest BCUT2D eigenvalue weighted by molar-refractivity contribution is 14.1. The van der Waals surface area contributed by atoms with Gasteiger partial charge in [0.1, 0.15) is 0 Å². The van der Waals surface area contributed by atoms with Crippen LogP contribution in [-0.2, 0) is 11.3 Å². The Hall–Kier alpha value is -0.130. The molecule has 2 rings (SSSR count). The molecule has 0 aromatic heterocycles. The number of benzene rings is 1. The van der Waals surface area contributed by atoms with Gasteiger partial charge in [-0.2, -0.15) is 0 Å². The Morgan fingerprint density at radius 1 is 1.26 bits per heavy atom. The van der Waals surface area contributed by atoms with Gasteiger partial charge in [-0.25, -0.2) is 0 Å². The lowest BCUT2D eigenvalue weighted by Crippen LogP contribution is -2.46. The second-order valence-corrected chi connectivity index (χ2v) is 6.68. The van der Waals surface area contributed by atoms with Crippen molar-refractivity contribution < 1.29 is 4.74 Å². The first-order chi connectivity index (χ1) is 9.17. The van der Waals surface area contributed by atoms with E-state index in [0.717, 1.165) is 38.8 Å². The maximum absolute atomic E-state index is 6.02. The van der Waals surface area contributed by atoms with E-state index >= 15 is 0 Å². The molecule has 1 aromatic carbocycles. The second kappa shape index (κ2) is 7.04.